The molecule has 0 radical (unpaired) electrons. The number of ether oxygens (including phenoxy) is 1. The van der Waals surface area contributed by atoms with Crippen molar-refractivity contribution in [2.75, 3.05) is 32.8 Å². The Morgan fingerprint density at radius 2 is 2.14 bits per heavy atom. The van der Waals surface area contributed by atoms with Gasteiger partial charge in [0.05, 0.1) is 0 Å². The molecule has 0 aliphatic carbocycles. The first-order valence-corrected chi connectivity index (χ1v) is 8.09. The van der Waals surface area contributed by atoms with Gasteiger partial charge in [-0.15, -0.1) is 0 Å². The van der Waals surface area contributed by atoms with Gasteiger partial charge in [0.1, 0.15) is 5.82 Å². The molecule has 6 heteroatoms. The highest BCUT2D eigenvalue weighted by molar-refractivity contribution is 6.31. The molecule has 4 nitrogen and oxygen atoms in total. The van der Waals surface area contributed by atoms with Crippen molar-refractivity contribution >= 4 is 17.6 Å². The summed E-state index contributed by atoms with van der Waals surface area (Å²) in [4.78, 5) is 4.45. The molecule has 0 spiro atoms. The Morgan fingerprint density at radius 3 is 2.82 bits per heavy atom. The topological polar surface area (TPSA) is 45.7 Å². The molecule has 2 N–H and O–H groups in total. The quantitative estimate of drug-likeness (QED) is 0.416. The molecule has 0 saturated heterocycles. The fourth-order valence-corrected chi connectivity index (χ4v) is 2.18. The van der Waals surface area contributed by atoms with Crippen molar-refractivity contribution in [3.8, 4) is 0 Å². The number of guanidine groups is 1. The summed E-state index contributed by atoms with van der Waals surface area (Å²) >= 11 is 6.01. The second kappa shape index (κ2) is 11.3. The van der Waals surface area contributed by atoms with Crippen LogP contribution in [0.2, 0.25) is 5.02 Å². The first-order chi connectivity index (χ1) is 10.7. The zero-order chi connectivity index (χ0) is 16.2. The van der Waals surface area contributed by atoms with Crippen LogP contribution < -0.4 is 10.6 Å². The van der Waals surface area contributed by atoms with E-state index in [0.717, 1.165) is 25.5 Å². The van der Waals surface area contributed by atoms with Crippen LogP contribution >= 0.6 is 11.6 Å². The molecule has 0 amide bonds. The van der Waals surface area contributed by atoms with Gasteiger partial charge in [-0.25, -0.2) is 4.39 Å². The van der Waals surface area contributed by atoms with Crippen LogP contribution in [0, 0.1) is 5.82 Å². The smallest absolute Gasteiger partial charge is 0.191 e. The van der Waals surface area contributed by atoms with Crippen molar-refractivity contribution in [1.29, 1.82) is 0 Å². The second-order valence-corrected chi connectivity index (χ2v) is 5.10. The SMILES string of the molecule is CCNC(=NCCCOCC)NCCc1c(F)cccc1Cl. The maximum atomic E-state index is 13.7. The molecule has 22 heavy (non-hydrogen) atoms. The average molecular weight is 330 g/mol. The number of rotatable bonds is 9. The molecule has 0 unspecified atom stereocenters. The number of halogens is 2. The van der Waals surface area contributed by atoms with E-state index in [1.165, 1.54) is 6.07 Å². The van der Waals surface area contributed by atoms with Gasteiger partial charge < -0.3 is 15.4 Å². The number of hydrogen-bond acceptors (Lipinski definition) is 2. The van der Waals surface area contributed by atoms with Gasteiger partial charge in [0.15, 0.2) is 5.96 Å². The highest BCUT2D eigenvalue weighted by Crippen LogP contribution is 2.18. The molecule has 0 saturated carbocycles. The van der Waals surface area contributed by atoms with E-state index in [2.05, 4.69) is 15.6 Å². The van der Waals surface area contributed by atoms with E-state index in [1.807, 2.05) is 13.8 Å². The van der Waals surface area contributed by atoms with Gasteiger partial charge in [-0.2, -0.15) is 0 Å². The number of nitrogens with zero attached hydrogens (tertiary/aromatic N) is 1. The fourth-order valence-electron chi connectivity index (χ4n) is 1.92. The molecule has 124 valence electrons. The summed E-state index contributed by atoms with van der Waals surface area (Å²) in [7, 11) is 0. The van der Waals surface area contributed by atoms with Crippen LogP contribution in [0.1, 0.15) is 25.8 Å². The van der Waals surface area contributed by atoms with Crippen molar-refractivity contribution in [2.45, 2.75) is 26.7 Å². The van der Waals surface area contributed by atoms with Crippen molar-refractivity contribution in [2.24, 2.45) is 4.99 Å². The molecular weight excluding hydrogens is 305 g/mol. The van der Waals surface area contributed by atoms with E-state index in [1.54, 1.807) is 12.1 Å². The zero-order valence-corrected chi connectivity index (χ0v) is 14.0. The minimum Gasteiger partial charge on any atom is -0.382 e. The lowest BCUT2D eigenvalue weighted by molar-refractivity contribution is 0.146. The van der Waals surface area contributed by atoms with E-state index in [-0.39, 0.29) is 5.82 Å². The fraction of sp³-hybridized carbons (Fsp3) is 0.562. The van der Waals surface area contributed by atoms with Crippen molar-refractivity contribution in [3.05, 3.63) is 34.6 Å². The third-order valence-corrected chi connectivity index (χ3v) is 3.35. The molecular formula is C16H25ClFN3O. The summed E-state index contributed by atoms with van der Waals surface area (Å²) in [5, 5.41) is 6.81. The van der Waals surface area contributed by atoms with Gasteiger partial charge >= 0.3 is 0 Å². The van der Waals surface area contributed by atoms with Crippen molar-refractivity contribution in [3.63, 3.8) is 0 Å². The van der Waals surface area contributed by atoms with E-state index in [4.69, 9.17) is 16.3 Å². The van der Waals surface area contributed by atoms with Crippen LogP contribution in [-0.2, 0) is 11.2 Å². The monoisotopic (exact) mass is 329 g/mol. The molecule has 0 fully saturated rings. The molecule has 0 heterocycles. The highest BCUT2D eigenvalue weighted by Gasteiger charge is 2.06. The van der Waals surface area contributed by atoms with Crippen molar-refractivity contribution < 1.29 is 9.13 Å². The molecule has 1 rings (SSSR count). The third kappa shape index (κ3) is 7.09. The summed E-state index contributed by atoms with van der Waals surface area (Å²) in [6, 6.07) is 4.74. The Labute approximate surface area is 137 Å². The zero-order valence-electron chi connectivity index (χ0n) is 13.3. The van der Waals surface area contributed by atoms with Gasteiger partial charge in [0.25, 0.3) is 0 Å². The minimum atomic E-state index is -0.270. The standard InChI is InChI=1S/C16H25ClFN3O/c1-3-19-16(20-10-6-12-22-4-2)21-11-9-13-14(17)7-5-8-15(13)18/h5,7-8H,3-4,6,9-12H2,1-2H3,(H2,19,20,21). The lowest BCUT2D eigenvalue weighted by Crippen LogP contribution is -2.38. The summed E-state index contributed by atoms with van der Waals surface area (Å²) in [6.45, 7) is 7.45. The second-order valence-electron chi connectivity index (χ2n) is 4.69. The highest BCUT2D eigenvalue weighted by atomic mass is 35.5. The summed E-state index contributed by atoms with van der Waals surface area (Å²) in [6.07, 6.45) is 1.39. The lowest BCUT2D eigenvalue weighted by atomic mass is 10.1. The Morgan fingerprint density at radius 1 is 1.32 bits per heavy atom. The maximum absolute atomic E-state index is 13.7. The molecule has 0 aromatic heterocycles. The third-order valence-electron chi connectivity index (χ3n) is 2.99. The molecule has 0 atom stereocenters. The molecule has 1 aromatic carbocycles. The molecule has 1 aromatic rings. The maximum Gasteiger partial charge on any atom is 0.191 e. The lowest BCUT2D eigenvalue weighted by Gasteiger charge is -2.12. The normalized spacial score (nSPS) is 11.5. The Hall–Kier alpha value is -1.33. The number of nitrogens with one attached hydrogen (secondary N) is 2. The van der Waals surface area contributed by atoms with Gasteiger partial charge in [-0.3, -0.25) is 4.99 Å². The number of benzene rings is 1. The van der Waals surface area contributed by atoms with E-state index in [0.29, 0.717) is 36.7 Å². The van der Waals surface area contributed by atoms with Crippen LogP contribution in [0.5, 0.6) is 0 Å². The summed E-state index contributed by atoms with van der Waals surface area (Å²) in [5.41, 5.74) is 0.531. The van der Waals surface area contributed by atoms with Gasteiger partial charge in [0, 0.05) is 43.4 Å². The van der Waals surface area contributed by atoms with Crippen molar-refractivity contribution in [1.82, 2.24) is 10.6 Å². The number of aliphatic imine (C=N–C) groups is 1. The Balaban J connectivity index is 2.42. The summed E-state index contributed by atoms with van der Waals surface area (Å²) < 4.78 is 18.9. The molecule has 0 aliphatic rings. The molecule has 0 aliphatic heterocycles. The van der Waals surface area contributed by atoms with E-state index >= 15 is 0 Å². The van der Waals surface area contributed by atoms with E-state index in [9.17, 15) is 4.39 Å². The minimum absolute atomic E-state index is 0.270. The van der Waals surface area contributed by atoms with Crippen LogP contribution in [-0.4, -0.2) is 38.8 Å². The van der Waals surface area contributed by atoms with Gasteiger partial charge in [0.2, 0.25) is 0 Å². The largest absolute Gasteiger partial charge is 0.382 e. The summed E-state index contributed by atoms with van der Waals surface area (Å²) in [5.74, 6) is 0.458. The molecule has 0 bridgehead atoms. The van der Waals surface area contributed by atoms with Crippen LogP contribution in [0.4, 0.5) is 4.39 Å². The van der Waals surface area contributed by atoms with Crippen LogP contribution in [0.3, 0.4) is 0 Å². The Bertz CT molecular complexity index is 448. The van der Waals surface area contributed by atoms with Gasteiger partial charge in [-0.1, -0.05) is 17.7 Å². The predicted molar refractivity (Wildman–Crippen MR) is 90.2 cm³/mol. The Kier molecular flexibility index (Phi) is 9.59. The first-order valence-electron chi connectivity index (χ1n) is 7.71. The van der Waals surface area contributed by atoms with Crippen LogP contribution in [0.15, 0.2) is 23.2 Å². The number of hydrogen-bond donors (Lipinski definition) is 2. The van der Waals surface area contributed by atoms with Gasteiger partial charge in [-0.05, 0) is 38.8 Å². The first kappa shape index (κ1) is 18.7. The van der Waals surface area contributed by atoms with E-state index < -0.39 is 0 Å². The predicted octanol–water partition coefficient (Wildman–Crippen LogP) is 3.00. The van der Waals surface area contributed by atoms with Crippen LogP contribution in [0.25, 0.3) is 0 Å². The average Bonchev–Trinajstić information content (AvgIpc) is 2.50.